The van der Waals surface area contributed by atoms with E-state index in [1.807, 2.05) is 12.3 Å². The van der Waals surface area contributed by atoms with E-state index in [-0.39, 0.29) is 6.61 Å². The van der Waals surface area contributed by atoms with Crippen LogP contribution in [0.4, 0.5) is 5.82 Å². The molecule has 0 bridgehead atoms. The van der Waals surface area contributed by atoms with Gasteiger partial charge in [-0.25, -0.2) is 14.2 Å². The van der Waals surface area contributed by atoms with Crippen molar-refractivity contribution >= 4 is 11.5 Å². The van der Waals surface area contributed by atoms with Gasteiger partial charge in [-0.2, -0.15) is 10.2 Å². The van der Waals surface area contributed by atoms with Gasteiger partial charge in [0.15, 0.2) is 5.65 Å². The zero-order chi connectivity index (χ0) is 14.2. The fourth-order valence-corrected chi connectivity index (χ4v) is 2.70. The Morgan fingerprint density at radius 3 is 2.76 bits per heavy atom. The largest absolute Gasteiger partial charge is 0.392 e. The highest BCUT2D eigenvalue weighted by Gasteiger charge is 2.16. The summed E-state index contributed by atoms with van der Waals surface area (Å²) in [5.74, 6) is 0.983. The summed E-state index contributed by atoms with van der Waals surface area (Å²) < 4.78 is 3.45. The molecule has 1 N–H and O–H groups in total. The molecule has 3 aromatic rings. The SMILES string of the molecule is OCc1cnn(-c2cnn3ccc(N4CCCC4)nc23)c1. The number of nitrogens with zero attached hydrogens (tertiary/aromatic N) is 6. The van der Waals surface area contributed by atoms with Gasteiger partial charge in [0.05, 0.1) is 19.0 Å². The third-order valence-electron chi connectivity index (χ3n) is 3.83. The summed E-state index contributed by atoms with van der Waals surface area (Å²) in [6.45, 7) is 2.10. The standard InChI is InChI=1S/C14H16N6O/c21-10-11-7-15-20(9-11)12-8-16-19-6-3-13(17-14(12)19)18-4-1-2-5-18/h3,6-9,21H,1-2,4-5,10H2. The fourth-order valence-electron chi connectivity index (χ4n) is 2.70. The highest BCUT2D eigenvalue weighted by Crippen LogP contribution is 2.21. The van der Waals surface area contributed by atoms with Crippen LogP contribution in [-0.4, -0.2) is 42.6 Å². The molecule has 0 unspecified atom stereocenters. The lowest BCUT2D eigenvalue weighted by atomic mass is 10.4. The summed E-state index contributed by atoms with van der Waals surface area (Å²) in [5, 5.41) is 17.7. The van der Waals surface area contributed by atoms with Gasteiger partial charge in [-0.3, -0.25) is 0 Å². The smallest absolute Gasteiger partial charge is 0.183 e. The zero-order valence-electron chi connectivity index (χ0n) is 11.6. The number of aromatic nitrogens is 5. The predicted octanol–water partition coefficient (Wildman–Crippen LogP) is 1.01. The van der Waals surface area contributed by atoms with E-state index in [1.165, 1.54) is 12.8 Å². The van der Waals surface area contributed by atoms with E-state index in [2.05, 4.69) is 15.1 Å². The van der Waals surface area contributed by atoms with E-state index < -0.39 is 0 Å². The molecule has 0 aliphatic carbocycles. The highest BCUT2D eigenvalue weighted by atomic mass is 16.3. The average molecular weight is 284 g/mol. The molecule has 1 aliphatic heterocycles. The van der Waals surface area contributed by atoms with Crippen molar-refractivity contribution in [1.82, 2.24) is 24.4 Å². The molecule has 1 fully saturated rings. The summed E-state index contributed by atoms with van der Waals surface area (Å²) in [5.41, 5.74) is 2.35. The first kappa shape index (κ1) is 12.3. The Kier molecular flexibility index (Phi) is 2.85. The van der Waals surface area contributed by atoms with Gasteiger partial charge in [0, 0.05) is 31.0 Å². The number of rotatable bonds is 3. The Morgan fingerprint density at radius 2 is 2.00 bits per heavy atom. The van der Waals surface area contributed by atoms with Gasteiger partial charge in [0.25, 0.3) is 0 Å². The molecule has 108 valence electrons. The molecule has 4 heterocycles. The first-order valence-corrected chi connectivity index (χ1v) is 7.09. The summed E-state index contributed by atoms with van der Waals surface area (Å²) in [7, 11) is 0. The number of fused-ring (bicyclic) bond motifs is 1. The minimum Gasteiger partial charge on any atom is -0.392 e. The minimum atomic E-state index is -0.0222. The first-order chi connectivity index (χ1) is 10.3. The third kappa shape index (κ3) is 2.06. The van der Waals surface area contributed by atoms with Gasteiger partial charge >= 0.3 is 0 Å². The van der Waals surface area contributed by atoms with E-state index in [4.69, 9.17) is 10.1 Å². The maximum absolute atomic E-state index is 9.15. The summed E-state index contributed by atoms with van der Waals surface area (Å²) >= 11 is 0. The molecule has 7 nitrogen and oxygen atoms in total. The van der Waals surface area contributed by atoms with E-state index >= 15 is 0 Å². The second kappa shape index (κ2) is 4.85. The predicted molar refractivity (Wildman–Crippen MR) is 77.5 cm³/mol. The topological polar surface area (TPSA) is 71.5 Å². The quantitative estimate of drug-likeness (QED) is 0.777. The highest BCUT2D eigenvalue weighted by molar-refractivity contribution is 5.60. The maximum atomic E-state index is 9.15. The van der Waals surface area contributed by atoms with Crippen molar-refractivity contribution < 1.29 is 5.11 Å². The Balaban J connectivity index is 1.79. The van der Waals surface area contributed by atoms with Crippen LogP contribution in [0.5, 0.6) is 0 Å². The fraction of sp³-hybridized carbons (Fsp3) is 0.357. The van der Waals surface area contributed by atoms with Gasteiger partial charge in [0.1, 0.15) is 11.5 Å². The number of aliphatic hydroxyl groups excluding tert-OH is 1. The monoisotopic (exact) mass is 284 g/mol. The Labute approximate surface area is 121 Å². The Morgan fingerprint density at radius 1 is 1.14 bits per heavy atom. The average Bonchev–Trinajstić information content (AvgIpc) is 3.25. The van der Waals surface area contributed by atoms with Crippen molar-refractivity contribution in [3.8, 4) is 5.69 Å². The van der Waals surface area contributed by atoms with Gasteiger partial charge in [-0.15, -0.1) is 0 Å². The van der Waals surface area contributed by atoms with E-state index in [0.29, 0.717) is 0 Å². The van der Waals surface area contributed by atoms with E-state index in [0.717, 1.165) is 35.8 Å². The maximum Gasteiger partial charge on any atom is 0.183 e. The van der Waals surface area contributed by atoms with Crippen molar-refractivity contribution in [1.29, 1.82) is 0 Å². The summed E-state index contributed by atoms with van der Waals surface area (Å²) in [4.78, 5) is 7.02. The Hall–Kier alpha value is -2.41. The Bertz CT molecular complexity index is 771. The molecule has 3 aromatic heterocycles. The minimum absolute atomic E-state index is 0.0222. The summed E-state index contributed by atoms with van der Waals surface area (Å²) in [6.07, 6.45) is 9.55. The molecule has 0 atom stereocenters. The van der Waals surface area contributed by atoms with E-state index in [9.17, 15) is 0 Å². The number of hydrogen-bond donors (Lipinski definition) is 1. The second-order valence-corrected chi connectivity index (χ2v) is 5.23. The van der Waals surface area contributed by atoms with Gasteiger partial charge < -0.3 is 10.0 Å². The van der Waals surface area contributed by atoms with Crippen molar-refractivity contribution in [2.75, 3.05) is 18.0 Å². The van der Waals surface area contributed by atoms with Crippen molar-refractivity contribution in [3.63, 3.8) is 0 Å². The van der Waals surface area contributed by atoms with Crippen LogP contribution in [0.25, 0.3) is 11.3 Å². The molecule has 1 aliphatic rings. The second-order valence-electron chi connectivity index (χ2n) is 5.23. The lowest BCUT2D eigenvalue weighted by Crippen LogP contribution is -2.19. The van der Waals surface area contributed by atoms with Crippen LogP contribution in [-0.2, 0) is 6.61 Å². The number of aliphatic hydroxyl groups is 1. The number of hydrogen-bond acceptors (Lipinski definition) is 5. The number of anilines is 1. The van der Waals surface area contributed by atoms with Crippen molar-refractivity contribution in [2.24, 2.45) is 0 Å². The van der Waals surface area contributed by atoms with Crippen LogP contribution in [0.2, 0.25) is 0 Å². The molecule has 7 heteroatoms. The van der Waals surface area contributed by atoms with E-state index in [1.54, 1.807) is 27.8 Å². The molecule has 0 radical (unpaired) electrons. The molecule has 1 saturated heterocycles. The van der Waals surface area contributed by atoms with Crippen LogP contribution in [0.3, 0.4) is 0 Å². The lowest BCUT2D eigenvalue weighted by Gasteiger charge is -2.16. The third-order valence-corrected chi connectivity index (χ3v) is 3.83. The normalized spacial score (nSPS) is 15.2. The van der Waals surface area contributed by atoms with Crippen LogP contribution >= 0.6 is 0 Å². The molecule has 0 aromatic carbocycles. The first-order valence-electron chi connectivity index (χ1n) is 7.09. The molecule has 0 spiro atoms. The van der Waals surface area contributed by atoms with Gasteiger partial charge in [0.2, 0.25) is 0 Å². The van der Waals surface area contributed by atoms with Crippen LogP contribution in [0, 0.1) is 0 Å². The van der Waals surface area contributed by atoms with Crippen LogP contribution in [0.15, 0.2) is 30.9 Å². The molecular weight excluding hydrogens is 268 g/mol. The van der Waals surface area contributed by atoms with Gasteiger partial charge in [-0.1, -0.05) is 0 Å². The molecular formula is C14H16N6O. The summed E-state index contributed by atoms with van der Waals surface area (Å²) in [6, 6.07) is 2.00. The molecule has 0 amide bonds. The lowest BCUT2D eigenvalue weighted by molar-refractivity contribution is 0.282. The van der Waals surface area contributed by atoms with Crippen LogP contribution in [0.1, 0.15) is 18.4 Å². The zero-order valence-corrected chi connectivity index (χ0v) is 11.6. The van der Waals surface area contributed by atoms with Crippen LogP contribution < -0.4 is 4.90 Å². The van der Waals surface area contributed by atoms with Crippen molar-refractivity contribution in [3.05, 3.63) is 36.4 Å². The molecule has 4 rings (SSSR count). The van der Waals surface area contributed by atoms with Gasteiger partial charge in [-0.05, 0) is 18.9 Å². The molecule has 0 saturated carbocycles. The van der Waals surface area contributed by atoms with Crippen molar-refractivity contribution in [2.45, 2.75) is 19.4 Å². The molecule has 21 heavy (non-hydrogen) atoms.